The zero-order chi connectivity index (χ0) is 15.5. The molecule has 0 bridgehead atoms. The zero-order valence-electron chi connectivity index (χ0n) is 11.2. The lowest BCUT2D eigenvalue weighted by Crippen LogP contribution is -2.40. The third-order valence-corrected chi connectivity index (χ3v) is 4.32. The van der Waals surface area contributed by atoms with Crippen molar-refractivity contribution < 1.29 is 32.3 Å². The highest BCUT2D eigenvalue weighted by atomic mass is 32.2. The molecule has 1 rings (SSSR count). The first-order valence-electron chi connectivity index (χ1n) is 5.60. The SMILES string of the molecule is COC(=O)c1coc(S(=O)(=O)N(CC(=O)O)C(C)C)c1. The molecule has 0 saturated heterocycles. The van der Waals surface area contributed by atoms with Gasteiger partial charge in [0.05, 0.1) is 12.7 Å². The van der Waals surface area contributed by atoms with Crippen molar-refractivity contribution in [3.8, 4) is 0 Å². The number of sulfonamides is 1. The Morgan fingerprint density at radius 2 is 2.05 bits per heavy atom. The van der Waals surface area contributed by atoms with E-state index in [1.54, 1.807) is 0 Å². The fourth-order valence-electron chi connectivity index (χ4n) is 1.47. The van der Waals surface area contributed by atoms with E-state index in [-0.39, 0.29) is 5.56 Å². The van der Waals surface area contributed by atoms with Gasteiger partial charge in [-0.05, 0) is 13.8 Å². The van der Waals surface area contributed by atoms with Crippen molar-refractivity contribution >= 4 is 22.0 Å². The lowest BCUT2D eigenvalue weighted by Gasteiger charge is -2.22. The summed E-state index contributed by atoms with van der Waals surface area (Å²) in [4.78, 5) is 22.0. The second-order valence-corrected chi connectivity index (χ2v) is 6.01. The highest BCUT2D eigenvalue weighted by Crippen LogP contribution is 2.21. The van der Waals surface area contributed by atoms with Crippen LogP contribution in [0, 0.1) is 0 Å². The van der Waals surface area contributed by atoms with Gasteiger partial charge in [-0.3, -0.25) is 4.79 Å². The average Bonchev–Trinajstić information content (AvgIpc) is 2.84. The number of carboxylic acid groups (broad SMARTS) is 1. The number of hydrogen-bond donors (Lipinski definition) is 1. The number of furan rings is 1. The largest absolute Gasteiger partial charge is 0.480 e. The van der Waals surface area contributed by atoms with E-state index in [2.05, 4.69) is 4.74 Å². The number of aliphatic carboxylic acids is 1. The molecule has 0 spiro atoms. The highest BCUT2D eigenvalue weighted by molar-refractivity contribution is 7.89. The third kappa shape index (κ3) is 3.36. The lowest BCUT2D eigenvalue weighted by atomic mass is 10.3. The molecule has 0 saturated carbocycles. The van der Waals surface area contributed by atoms with Crippen LogP contribution in [0.15, 0.2) is 21.8 Å². The van der Waals surface area contributed by atoms with E-state index in [9.17, 15) is 18.0 Å². The van der Waals surface area contributed by atoms with Crippen molar-refractivity contribution in [3.05, 3.63) is 17.9 Å². The second-order valence-electron chi connectivity index (χ2n) is 4.18. The Bertz CT molecular complexity index is 602. The maximum absolute atomic E-state index is 12.3. The molecule has 0 aromatic carbocycles. The van der Waals surface area contributed by atoms with Crippen molar-refractivity contribution in [3.63, 3.8) is 0 Å². The van der Waals surface area contributed by atoms with Gasteiger partial charge in [0.15, 0.2) is 0 Å². The van der Waals surface area contributed by atoms with Gasteiger partial charge in [-0.25, -0.2) is 13.2 Å². The summed E-state index contributed by atoms with van der Waals surface area (Å²) in [7, 11) is -2.99. The van der Waals surface area contributed by atoms with E-state index in [0.717, 1.165) is 23.7 Å². The number of hydrogen-bond acceptors (Lipinski definition) is 6. The molecule has 1 N–H and O–H groups in total. The maximum Gasteiger partial charge on any atom is 0.341 e. The molecule has 8 nitrogen and oxygen atoms in total. The van der Waals surface area contributed by atoms with Gasteiger partial charge in [0.1, 0.15) is 12.8 Å². The Labute approximate surface area is 116 Å². The van der Waals surface area contributed by atoms with Crippen LogP contribution in [-0.2, 0) is 19.6 Å². The monoisotopic (exact) mass is 305 g/mol. The second kappa shape index (κ2) is 6.06. The number of ether oxygens (including phenoxy) is 1. The molecule has 0 aliphatic rings. The predicted octanol–water partition coefficient (Wildman–Crippen LogP) is 0.550. The smallest absolute Gasteiger partial charge is 0.341 e. The van der Waals surface area contributed by atoms with E-state index in [0.29, 0.717) is 0 Å². The summed E-state index contributed by atoms with van der Waals surface area (Å²) in [5.74, 6) is -2.04. The van der Waals surface area contributed by atoms with Crippen LogP contribution >= 0.6 is 0 Å². The number of carboxylic acids is 1. The van der Waals surface area contributed by atoms with Crippen molar-refractivity contribution in [2.75, 3.05) is 13.7 Å². The number of methoxy groups -OCH3 is 1. The number of carbonyl (C=O) groups excluding carboxylic acids is 1. The molecule has 0 radical (unpaired) electrons. The Kier molecular flexibility index (Phi) is 4.90. The molecule has 1 aromatic rings. The van der Waals surface area contributed by atoms with Gasteiger partial charge in [0.25, 0.3) is 10.0 Å². The molecule has 0 fully saturated rings. The van der Waals surface area contributed by atoms with Crippen LogP contribution in [-0.4, -0.2) is 49.5 Å². The topological polar surface area (TPSA) is 114 Å². The van der Waals surface area contributed by atoms with Crippen LogP contribution in [0.25, 0.3) is 0 Å². The number of esters is 1. The molecular formula is C11H15NO7S. The standard InChI is InChI=1S/C11H15NO7S/c1-7(2)12(5-9(13)14)20(16,17)10-4-8(6-19-10)11(15)18-3/h4,6-7H,5H2,1-3H3,(H,13,14). The Balaban J connectivity index is 3.16. The van der Waals surface area contributed by atoms with Gasteiger partial charge in [0.2, 0.25) is 5.09 Å². The van der Waals surface area contributed by atoms with Crippen LogP contribution in [0.4, 0.5) is 0 Å². The van der Waals surface area contributed by atoms with Crippen molar-refractivity contribution in [2.24, 2.45) is 0 Å². The van der Waals surface area contributed by atoms with E-state index >= 15 is 0 Å². The summed E-state index contributed by atoms with van der Waals surface area (Å²) in [5.41, 5.74) is -0.0647. The number of carbonyl (C=O) groups is 2. The summed E-state index contributed by atoms with van der Waals surface area (Å²) in [5, 5.41) is 8.26. The minimum absolute atomic E-state index is 0.0647. The Morgan fingerprint density at radius 1 is 1.45 bits per heavy atom. The molecule has 1 aromatic heterocycles. The predicted molar refractivity (Wildman–Crippen MR) is 66.7 cm³/mol. The van der Waals surface area contributed by atoms with E-state index in [4.69, 9.17) is 9.52 Å². The summed E-state index contributed by atoms with van der Waals surface area (Å²) < 4.78 is 34.5. The fraction of sp³-hybridized carbons (Fsp3) is 0.455. The van der Waals surface area contributed by atoms with Gasteiger partial charge in [-0.15, -0.1) is 0 Å². The minimum atomic E-state index is -4.14. The molecule has 0 aliphatic heterocycles. The number of nitrogens with zero attached hydrogens (tertiary/aromatic N) is 1. The Hall–Kier alpha value is -1.87. The molecule has 0 amide bonds. The fourth-order valence-corrected chi connectivity index (χ4v) is 2.98. The maximum atomic E-state index is 12.3. The van der Waals surface area contributed by atoms with Gasteiger partial charge in [0, 0.05) is 12.1 Å². The quantitative estimate of drug-likeness (QED) is 0.763. The van der Waals surface area contributed by atoms with Crippen molar-refractivity contribution in [1.82, 2.24) is 4.31 Å². The van der Waals surface area contributed by atoms with Crippen LogP contribution < -0.4 is 0 Å². The van der Waals surface area contributed by atoms with Crippen molar-refractivity contribution in [2.45, 2.75) is 25.0 Å². The highest BCUT2D eigenvalue weighted by Gasteiger charge is 2.32. The third-order valence-electron chi connectivity index (χ3n) is 2.43. The van der Waals surface area contributed by atoms with Crippen LogP contribution in [0.5, 0.6) is 0 Å². The molecule has 9 heteroatoms. The molecule has 112 valence electrons. The van der Waals surface area contributed by atoms with Crippen molar-refractivity contribution in [1.29, 1.82) is 0 Å². The zero-order valence-corrected chi connectivity index (χ0v) is 12.0. The molecular weight excluding hydrogens is 290 g/mol. The molecule has 1 heterocycles. The Morgan fingerprint density at radius 3 is 2.50 bits per heavy atom. The van der Waals surface area contributed by atoms with Crippen LogP contribution in [0.3, 0.4) is 0 Å². The molecule has 20 heavy (non-hydrogen) atoms. The number of rotatable bonds is 6. The normalized spacial score (nSPS) is 11.8. The molecule has 0 atom stereocenters. The first kappa shape index (κ1) is 16.2. The minimum Gasteiger partial charge on any atom is -0.480 e. The van der Waals surface area contributed by atoms with Gasteiger partial charge in [-0.1, -0.05) is 0 Å². The van der Waals surface area contributed by atoms with E-state index < -0.39 is 39.6 Å². The summed E-state index contributed by atoms with van der Waals surface area (Å²) in [6.07, 6.45) is 0.942. The summed E-state index contributed by atoms with van der Waals surface area (Å²) >= 11 is 0. The molecule has 0 aliphatic carbocycles. The van der Waals surface area contributed by atoms with Crippen LogP contribution in [0.2, 0.25) is 0 Å². The van der Waals surface area contributed by atoms with Crippen LogP contribution in [0.1, 0.15) is 24.2 Å². The average molecular weight is 305 g/mol. The van der Waals surface area contributed by atoms with Gasteiger partial charge in [-0.2, -0.15) is 4.31 Å². The lowest BCUT2D eigenvalue weighted by molar-refractivity contribution is -0.137. The molecule has 0 unspecified atom stereocenters. The van der Waals surface area contributed by atoms with E-state index in [1.807, 2.05) is 0 Å². The summed E-state index contributed by atoms with van der Waals surface area (Å²) in [6, 6.07) is 0.418. The first-order valence-corrected chi connectivity index (χ1v) is 7.04. The van der Waals surface area contributed by atoms with Gasteiger partial charge >= 0.3 is 11.9 Å². The van der Waals surface area contributed by atoms with Gasteiger partial charge < -0.3 is 14.3 Å². The summed E-state index contributed by atoms with van der Waals surface area (Å²) in [6.45, 7) is 2.36. The van der Waals surface area contributed by atoms with E-state index in [1.165, 1.54) is 13.8 Å². The first-order chi connectivity index (χ1) is 9.20.